The van der Waals surface area contributed by atoms with E-state index in [9.17, 15) is 4.39 Å². The Balaban J connectivity index is 1.83. The summed E-state index contributed by atoms with van der Waals surface area (Å²) in [6, 6.07) is 15.7. The fourth-order valence-corrected chi connectivity index (χ4v) is 3.05. The second-order valence-corrected chi connectivity index (χ2v) is 5.63. The summed E-state index contributed by atoms with van der Waals surface area (Å²) in [5.74, 6) is -0.141. The van der Waals surface area contributed by atoms with Crippen LogP contribution < -0.4 is 10.6 Å². The van der Waals surface area contributed by atoms with Crippen molar-refractivity contribution in [3.05, 3.63) is 71.0 Å². The van der Waals surface area contributed by atoms with Crippen LogP contribution in [0.15, 0.2) is 48.5 Å². The highest BCUT2D eigenvalue weighted by Crippen LogP contribution is 2.27. The Kier molecular flexibility index (Phi) is 4.32. The van der Waals surface area contributed by atoms with E-state index in [0.29, 0.717) is 0 Å². The summed E-state index contributed by atoms with van der Waals surface area (Å²) in [4.78, 5) is 0. The Morgan fingerprint density at radius 2 is 1.90 bits per heavy atom. The molecule has 0 saturated heterocycles. The van der Waals surface area contributed by atoms with Gasteiger partial charge < -0.3 is 10.6 Å². The second-order valence-electron chi connectivity index (χ2n) is 5.63. The molecule has 0 spiro atoms. The van der Waals surface area contributed by atoms with E-state index in [1.165, 1.54) is 17.2 Å². The largest absolute Gasteiger partial charge is 0.313 e. The molecule has 0 radical (unpaired) electrons. The topological polar surface area (TPSA) is 24.1 Å². The van der Waals surface area contributed by atoms with Crippen molar-refractivity contribution in [3.8, 4) is 0 Å². The third-order valence-electron chi connectivity index (χ3n) is 4.18. The summed E-state index contributed by atoms with van der Waals surface area (Å²) in [6.45, 7) is 3.90. The van der Waals surface area contributed by atoms with Gasteiger partial charge in [0.25, 0.3) is 0 Å². The lowest BCUT2D eigenvalue weighted by molar-refractivity contribution is 0.432. The van der Waals surface area contributed by atoms with Crippen LogP contribution in [0.4, 0.5) is 4.39 Å². The highest BCUT2D eigenvalue weighted by atomic mass is 19.1. The first kappa shape index (κ1) is 14.2. The van der Waals surface area contributed by atoms with Crippen LogP contribution >= 0.6 is 0 Å². The molecule has 1 unspecified atom stereocenters. The summed E-state index contributed by atoms with van der Waals surface area (Å²) in [7, 11) is 0. The molecule has 110 valence electrons. The maximum Gasteiger partial charge on any atom is 0.127 e. The van der Waals surface area contributed by atoms with Crippen LogP contribution in [0, 0.1) is 5.82 Å². The summed E-state index contributed by atoms with van der Waals surface area (Å²) >= 11 is 0. The molecular weight excluding hydrogens is 263 g/mol. The van der Waals surface area contributed by atoms with Crippen LogP contribution in [0.1, 0.15) is 42.1 Å². The van der Waals surface area contributed by atoms with E-state index in [1.807, 2.05) is 19.1 Å². The Labute approximate surface area is 125 Å². The lowest BCUT2D eigenvalue weighted by Gasteiger charge is -2.24. The molecule has 2 aromatic rings. The molecule has 1 aliphatic rings. The highest BCUT2D eigenvalue weighted by molar-refractivity contribution is 5.31. The predicted molar refractivity (Wildman–Crippen MR) is 83.5 cm³/mol. The molecule has 2 atom stereocenters. The lowest BCUT2D eigenvalue weighted by Crippen LogP contribution is -2.26. The van der Waals surface area contributed by atoms with Crippen molar-refractivity contribution in [1.82, 2.24) is 10.6 Å². The van der Waals surface area contributed by atoms with E-state index in [1.54, 1.807) is 6.07 Å². The van der Waals surface area contributed by atoms with E-state index in [2.05, 4.69) is 34.9 Å². The first-order valence-corrected chi connectivity index (χ1v) is 7.54. The smallest absolute Gasteiger partial charge is 0.127 e. The van der Waals surface area contributed by atoms with E-state index in [0.717, 1.165) is 25.1 Å². The standard InChI is InChI=1S/C18H21FN2/c1-13(15-7-4-5-9-17(15)19)21-18-10-11-20-12-14-6-2-3-8-16(14)18/h2-9,13,18,20-21H,10-12H2,1H3/t13-,18?/m1/s1. The number of halogens is 1. The van der Waals surface area contributed by atoms with Gasteiger partial charge in [-0.2, -0.15) is 0 Å². The molecule has 2 aromatic carbocycles. The fourth-order valence-electron chi connectivity index (χ4n) is 3.05. The predicted octanol–water partition coefficient (Wildman–Crippen LogP) is 3.71. The van der Waals surface area contributed by atoms with Crippen molar-refractivity contribution in [2.45, 2.75) is 32.0 Å². The molecule has 1 aliphatic heterocycles. The molecule has 2 N–H and O–H groups in total. The van der Waals surface area contributed by atoms with E-state index in [-0.39, 0.29) is 17.9 Å². The minimum atomic E-state index is -0.141. The zero-order valence-electron chi connectivity index (χ0n) is 12.3. The number of benzene rings is 2. The van der Waals surface area contributed by atoms with Crippen LogP contribution in [0.5, 0.6) is 0 Å². The van der Waals surface area contributed by atoms with E-state index < -0.39 is 0 Å². The number of fused-ring (bicyclic) bond motifs is 1. The minimum absolute atomic E-state index is 0.0117. The molecule has 1 heterocycles. The van der Waals surface area contributed by atoms with Gasteiger partial charge in [-0.25, -0.2) is 4.39 Å². The third kappa shape index (κ3) is 3.14. The molecular formula is C18H21FN2. The van der Waals surface area contributed by atoms with Gasteiger partial charge in [0.05, 0.1) is 0 Å². The zero-order valence-corrected chi connectivity index (χ0v) is 12.3. The molecule has 0 bridgehead atoms. The van der Waals surface area contributed by atoms with Gasteiger partial charge in [-0.05, 0) is 37.1 Å². The van der Waals surface area contributed by atoms with Gasteiger partial charge in [0.15, 0.2) is 0 Å². The quantitative estimate of drug-likeness (QED) is 0.898. The Morgan fingerprint density at radius 3 is 2.76 bits per heavy atom. The SMILES string of the molecule is C[C@@H](NC1CCNCc2ccccc21)c1ccccc1F. The fraction of sp³-hybridized carbons (Fsp3) is 0.333. The van der Waals surface area contributed by atoms with Crippen LogP contribution in [-0.2, 0) is 6.54 Å². The van der Waals surface area contributed by atoms with Crippen molar-refractivity contribution in [3.63, 3.8) is 0 Å². The maximum absolute atomic E-state index is 13.9. The molecule has 3 rings (SSSR count). The first-order chi connectivity index (χ1) is 10.3. The van der Waals surface area contributed by atoms with Crippen molar-refractivity contribution < 1.29 is 4.39 Å². The summed E-state index contributed by atoms with van der Waals surface area (Å²) < 4.78 is 13.9. The number of hydrogen-bond donors (Lipinski definition) is 2. The first-order valence-electron chi connectivity index (χ1n) is 7.54. The van der Waals surface area contributed by atoms with Crippen LogP contribution in [-0.4, -0.2) is 6.54 Å². The van der Waals surface area contributed by atoms with Crippen LogP contribution in [0.25, 0.3) is 0 Å². The van der Waals surface area contributed by atoms with Gasteiger partial charge in [-0.1, -0.05) is 42.5 Å². The normalized spacial score (nSPS) is 19.6. The molecule has 0 amide bonds. The molecule has 21 heavy (non-hydrogen) atoms. The minimum Gasteiger partial charge on any atom is -0.313 e. The van der Waals surface area contributed by atoms with Gasteiger partial charge in [0, 0.05) is 24.2 Å². The van der Waals surface area contributed by atoms with Crippen molar-refractivity contribution >= 4 is 0 Å². The highest BCUT2D eigenvalue weighted by Gasteiger charge is 2.21. The maximum atomic E-state index is 13.9. The van der Waals surface area contributed by atoms with Gasteiger partial charge in [0.2, 0.25) is 0 Å². The molecule has 0 aliphatic carbocycles. The van der Waals surface area contributed by atoms with Crippen molar-refractivity contribution in [1.29, 1.82) is 0 Å². The van der Waals surface area contributed by atoms with Gasteiger partial charge in [-0.3, -0.25) is 0 Å². The van der Waals surface area contributed by atoms with Gasteiger partial charge in [-0.15, -0.1) is 0 Å². The molecule has 0 fully saturated rings. The Bertz CT molecular complexity index is 612. The Morgan fingerprint density at radius 1 is 1.14 bits per heavy atom. The van der Waals surface area contributed by atoms with Crippen LogP contribution in [0.3, 0.4) is 0 Å². The average molecular weight is 284 g/mol. The molecule has 0 saturated carbocycles. The lowest BCUT2D eigenvalue weighted by atomic mass is 9.97. The number of nitrogens with one attached hydrogen (secondary N) is 2. The van der Waals surface area contributed by atoms with Gasteiger partial charge in [0.1, 0.15) is 5.82 Å². The third-order valence-corrected chi connectivity index (χ3v) is 4.18. The Hall–Kier alpha value is -1.71. The average Bonchev–Trinajstić information content (AvgIpc) is 2.70. The number of hydrogen-bond acceptors (Lipinski definition) is 2. The van der Waals surface area contributed by atoms with Gasteiger partial charge >= 0.3 is 0 Å². The molecule has 2 nitrogen and oxygen atoms in total. The van der Waals surface area contributed by atoms with Crippen molar-refractivity contribution in [2.75, 3.05) is 6.54 Å². The summed E-state index contributed by atoms with van der Waals surface area (Å²) in [5.41, 5.74) is 3.38. The summed E-state index contributed by atoms with van der Waals surface area (Å²) in [5, 5.41) is 7.04. The molecule has 3 heteroatoms. The monoisotopic (exact) mass is 284 g/mol. The van der Waals surface area contributed by atoms with Crippen LogP contribution in [0.2, 0.25) is 0 Å². The zero-order chi connectivity index (χ0) is 14.7. The van der Waals surface area contributed by atoms with E-state index in [4.69, 9.17) is 0 Å². The summed E-state index contributed by atoms with van der Waals surface area (Å²) in [6.07, 6.45) is 1.01. The molecule has 0 aromatic heterocycles. The van der Waals surface area contributed by atoms with E-state index >= 15 is 0 Å². The number of rotatable bonds is 3. The second kappa shape index (κ2) is 6.37. The van der Waals surface area contributed by atoms with Crippen molar-refractivity contribution in [2.24, 2.45) is 0 Å².